The number of halogens is 3. The highest BCUT2D eigenvalue weighted by molar-refractivity contribution is 6.30. The Morgan fingerprint density at radius 1 is 1.24 bits per heavy atom. The summed E-state index contributed by atoms with van der Waals surface area (Å²) in [6.07, 6.45) is 2.19. The van der Waals surface area contributed by atoms with Crippen LogP contribution in [0.4, 0.5) is 4.39 Å². The van der Waals surface area contributed by atoms with Crippen molar-refractivity contribution in [2.45, 2.75) is 18.5 Å². The molecule has 2 N–H and O–H groups in total. The van der Waals surface area contributed by atoms with Crippen molar-refractivity contribution in [3.8, 4) is 0 Å². The number of aromatic nitrogens is 1. The van der Waals surface area contributed by atoms with Crippen LogP contribution in [0.5, 0.6) is 0 Å². The van der Waals surface area contributed by atoms with Crippen LogP contribution in [0.1, 0.15) is 22.9 Å². The fraction of sp³-hybridized carbons (Fsp3) is 0.267. The van der Waals surface area contributed by atoms with E-state index in [0.717, 1.165) is 11.3 Å². The van der Waals surface area contributed by atoms with Crippen molar-refractivity contribution in [1.82, 2.24) is 10.3 Å². The van der Waals surface area contributed by atoms with E-state index in [2.05, 4.69) is 10.3 Å². The molecular weight excluding hydrogens is 314 g/mol. The van der Waals surface area contributed by atoms with E-state index in [0.29, 0.717) is 22.0 Å². The smallest absolute Gasteiger partial charge is 0.125 e. The Morgan fingerprint density at radius 3 is 2.76 bits per heavy atom. The largest absolute Gasteiger partial charge is 0.395 e. The van der Waals surface area contributed by atoms with E-state index < -0.39 is 5.82 Å². The predicted molar refractivity (Wildman–Crippen MR) is 80.2 cm³/mol. The first kappa shape index (κ1) is 14.7. The summed E-state index contributed by atoms with van der Waals surface area (Å²) in [7, 11) is 0. The van der Waals surface area contributed by atoms with Gasteiger partial charge < -0.3 is 5.11 Å². The molecule has 1 aromatic heterocycles. The molecule has 3 nitrogen and oxygen atoms in total. The molecule has 2 atom stereocenters. The second kappa shape index (κ2) is 5.89. The standard InChI is InChI=1S/C15H13Cl2FN2O/c16-10-1-8(3-12(18)5-10)15-14-9(2-11(17)6-19-14)4-13(7-21)20-15/h1-3,5-6,13,15,20-21H,4,7H2/t13-,15-/m0/s1. The number of aliphatic hydroxyl groups is 1. The maximum absolute atomic E-state index is 13.6. The highest BCUT2D eigenvalue weighted by Crippen LogP contribution is 2.32. The number of benzene rings is 1. The van der Waals surface area contributed by atoms with Gasteiger partial charge in [0.2, 0.25) is 0 Å². The lowest BCUT2D eigenvalue weighted by Crippen LogP contribution is -2.42. The van der Waals surface area contributed by atoms with Crippen LogP contribution in [0.3, 0.4) is 0 Å². The average Bonchev–Trinajstić information content (AvgIpc) is 2.44. The van der Waals surface area contributed by atoms with Gasteiger partial charge in [-0.1, -0.05) is 23.2 Å². The zero-order chi connectivity index (χ0) is 15.0. The van der Waals surface area contributed by atoms with Crippen LogP contribution in [0, 0.1) is 5.82 Å². The minimum Gasteiger partial charge on any atom is -0.395 e. The molecule has 0 amide bonds. The number of aliphatic hydroxyl groups excluding tert-OH is 1. The highest BCUT2D eigenvalue weighted by Gasteiger charge is 2.28. The van der Waals surface area contributed by atoms with Crippen molar-refractivity contribution >= 4 is 23.2 Å². The van der Waals surface area contributed by atoms with E-state index in [4.69, 9.17) is 23.2 Å². The molecule has 2 aromatic rings. The topological polar surface area (TPSA) is 45.2 Å². The number of nitrogens with zero attached hydrogens (tertiary/aromatic N) is 1. The van der Waals surface area contributed by atoms with Crippen molar-refractivity contribution in [1.29, 1.82) is 0 Å². The van der Waals surface area contributed by atoms with Gasteiger partial charge in [-0.25, -0.2) is 4.39 Å². The van der Waals surface area contributed by atoms with E-state index in [1.165, 1.54) is 12.1 Å². The second-order valence-electron chi connectivity index (χ2n) is 5.08. The zero-order valence-electron chi connectivity index (χ0n) is 11.0. The van der Waals surface area contributed by atoms with Crippen molar-refractivity contribution in [2.75, 3.05) is 6.61 Å². The van der Waals surface area contributed by atoms with Crippen LogP contribution in [-0.2, 0) is 6.42 Å². The molecule has 1 aromatic carbocycles. The fourth-order valence-corrected chi connectivity index (χ4v) is 3.08. The van der Waals surface area contributed by atoms with Crippen LogP contribution in [0.25, 0.3) is 0 Å². The van der Waals surface area contributed by atoms with Crippen LogP contribution in [-0.4, -0.2) is 22.7 Å². The summed E-state index contributed by atoms with van der Waals surface area (Å²) in [6, 6.07) is 5.75. The molecule has 0 spiro atoms. The van der Waals surface area contributed by atoms with Gasteiger partial charge in [-0.15, -0.1) is 0 Å². The van der Waals surface area contributed by atoms with E-state index in [9.17, 15) is 9.50 Å². The van der Waals surface area contributed by atoms with Gasteiger partial charge in [-0.2, -0.15) is 0 Å². The number of fused-ring (bicyclic) bond motifs is 1. The molecule has 0 fully saturated rings. The molecule has 110 valence electrons. The molecule has 1 aliphatic rings. The lowest BCUT2D eigenvalue weighted by atomic mass is 9.90. The van der Waals surface area contributed by atoms with Gasteiger partial charge in [-0.3, -0.25) is 10.3 Å². The summed E-state index contributed by atoms with van der Waals surface area (Å²) in [5.74, 6) is -0.402. The Balaban J connectivity index is 2.09. The Bertz CT molecular complexity index is 660. The van der Waals surface area contributed by atoms with Gasteiger partial charge >= 0.3 is 0 Å². The third kappa shape index (κ3) is 3.04. The van der Waals surface area contributed by atoms with Crippen LogP contribution >= 0.6 is 23.2 Å². The van der Waals surface area contributed by atoms with Gasteiger partial charge in [0.05, 0.1) is 23.4 Å². The third-order valence-electron chi connectivity index (χ3n) is 3.55. The van der Waals surface area contributed by atoms with Crippen molar-refractivity contribution in [3.05, 3.63) is 63.1 Å². The van der Waals surface area contributed by atoms with Crippen molar-refractivity contribution in [2.24, 2.45) is 0 Å². The molecule has 6 heteroatoms. The van der Waals surface area contributed by atoms with E-state index >= 15 is 0 Å². The fourth-order valence-electron chi connectivity index (χ4n) is 2.67. The minimum absolute atomic E-state index is 0.0223. The van der Waals surface area contributed by atoms with Crippen LogP contribution < -0.4 is 5.32 Å². The first-order valence-corrected chi connectivity index (χ1v) is 7.29. The van der Waals surface area contributed by atoms with Gasteiger partial charge in [0, 0.05) is 17.3 Å². The normalized spacial score (nSPS) is 21.1. The van der Waals surface area contributed by atoms with Crippen molar-refractivity contribution in [3.63, 3.8) is 0 Å². The summed E-state index contributed by atoms with van der Waals surface area (Å²) in [6.45, 7) is -0.0223. The SMILES string of the molecule is OC[C@@H]1Cc2cc(Cl)cnc2[C@H](c2cc(F)cc(Cl)c2)N1. The quantitative estimate of drug-likeness (QED) is 0.891. The molecule has 0 aliphatic carbocycles. The first-order chi connectivity index (χ1) is 10.1. The lowest BCUT2D eigenvalue weighted by Gasteiger charge is -2.32. The molecule has 2 heterocycles. The Labute approximate surface area is 131 Å². The molecule has 0 saturated carbocycles. The maximum Gasteiger partial charge on any atom is 0.125 e. The van der Waals surface area contributed by atoms with Gasteiger partial charge in [0.1, 0.15) is 5.82 Å². The summed E-state index contributed by atoms with van der Waals surface area (Å²) in [5.41, 5.74) is 2.41. The second-order valence-corrected chi connectivity index (χ2v) is 5.96. The maximum atomic E-state index is 13.6. The molecule has 3 rings (SSSR count). The van der Waals surface area contributed by atoms with Gasteiger partial charge in [0.15, 0.2) is 0 Å². The molecule has 0 unspecified atom stereocenters. The lowest BCUT2D eigenvalue weighted by molar-refractivity contribution is 0.227. The molecule has 21 heavy (non-hydrogen) atoms. The number of nitrogens with one attached hydrogen (secondary N) is 1. The summed E-state index contributed by atoms with van der Waals surface area (Å²) in [4.78, 5) is 4.36. The predicted octanol–water partition coefficient (Wildman–Crippen LogP) is 3.12. The highest BCUT2D eigenvalue weighted by atomic mass is 35.5. The Morgan fingerprint density at radius 2 is 2.05 bits per heavy atom. The van der Waals surface area contributed by atoms with Crippen molar-refractivity contribution < 1.29 is 9.50 Å². The number of rotatable bonds is 2. The van der Waals surface area contributed by atoms with E-state index in [1.807, 2.05) is 6.07 Å². The monoisotopic (exact) mass is 326 g/mol. The first-order valence-electron chi connectivity index (χ1n) is 6.54. The summed E-state index contributed by atoms with van der Waals surface area (Å²) < 4.78 is 13.6. The molecule has 0 saturated heterocycles. The molecular formula is C15H13Cl2FN2O. The third-order valence-corrected chi connectivity index (χ3v) is 3.97. The molecule has 0 radical (unpaired) electrons. The van der Waals surface area contributed by atoms with Crippen LogP contribution in [0.15, 0.2) is 30.5 Å². The van der Waals surface area contributed by atoms with Crippen LogP contribution in [0.2, 0.25) is 10.0 Å². The number of hydrogen-bond acceptors (Lipinski definition) is 3. The molecule has 0 bridgehead atoms. The molecule has 1 aliphatic heterocycles. The van der Waals surface area contributed by atoms with E-state index in [1.54, 1.807) is 12.3 Å². The summed E-state index contributed by atoms with van der Waals surface area (Å²) in [5, 5.41) is 13.6. The Hall–Kier alpha value is -1.20. The number of hydrogen-bond donors (Lipinski definition) is 2. The van der Waals surface area contributed by atoms with Gasteiger partial charge in [0.25, 0.3) is 0 Å². The average molecular weight is 327 g/mol. The zero-order valence-corrected chi connectivity index (χ0v) is 12.5. The summed E-state index contributed by atoms with van der Waals surface area (Å²) >= 11 is 11.9. The Kier molecular flexibility index (Phi) is 4.13. The number of pyridine rings is 1. The van der Waals surface area contributed by atoms with E-state index in [-0.39, 0.29) is 18.7 Å². The minimum atomic E-state index is -0.402. The van der Waals surface area contributed by atoms with Gasteiger partial charge in [-0.05, 0) is 41.8 Å².